The van der Waals surface area contributed by atoms with Crippen LogP contribution < -0.4 is 19.1 Å². The van der Waals surface area contributed by atoms with E-state index in [9.17, 15) is 19.1 Å². The molecule has 0 bridgehead atoms. The third-order valence-electron chi connectivity index (χ3n) is 7.70. The molecule has 1 saturated heterocycles. The van der Waals surface area contributed by atoms with Gasteiger partial charge < -0.3 is 19.3 Å². The summed E-state index contributed by atoms with van der Waals surface area (Å²) in [5, 5.41) is 11.9. The van der Waals surface area contributed by atoms with E-state index in [1.165, 1.54) is 23.1 Å². The number of aromatic nitrogens is 1. The minimum absolute atomic E-state index is 0.00453. The summed E-state index contributed by atoms with van der Waals surface area (Å²) in [5.74, 6) is -0.257. The van der Waals surface area contributed by atoms with Gasteiger partial charge in [-0.05, 0) is 85.8 Å². The second-order valence-corrected chi connectivity index (χ2v) is 12.4. The molecule has 228 valence electrons. The average Bonchev–Trinajstić information content (AvgIpc) is 3.65. The van der Waals surface area contributed by atoms with Crippen LogP contribution in [0.3, 0.4) is 0 Å². The zero-order chi connectivity index (χ0) is 31.1. The van der Waals surface area contributed by atoms with Crippen LogP contribution >= 0.6 is 11.3 Å². The number of hydrogen-bond acceptors (Lipinski definition) is 8. The highest BCUT2D eigenvalue weighted by Gasteiger charge is 2.48. The molecule has 3 heterocycles. The van der Waals surface area contributed by atoms with Gasteiger partial charge in [0.15, 0.2) is 16.6 Å². The van der Waals surface area contributed by atoms with Gasteiger partial charge in [-0.2, -0.15) is 0 Å². The van der Waals surface area contributed by atoms with Gasteiger partial charge in [0.2, 0.25) is 0 Å². The summed E-state index contributed by atoms with van der Waals surface area (Å²) in [4.78, 5) is 33.3. The molecule has 0 aliphatic carbocycles. The summed E-state index contributed by atoms with van der Waals surface area (Å²) in [7, 11) is 0. The van der Waals surface area contributed by atoms with E-state index >= 15 is 0 Å². The van der Waals surface area contributed by atoms with E-state index in [2.05, 4.69) is 18.8 Å². The first-order valence-corrected chi connectivity index (χ1v) is 15.5. The number of anilines is 1. The smallest absolute Gasteiger partial charge is 0.301 e. The molecule has 0 saturated carbocycles. The number of benzene rings is 3. The number of hydrogen-bond donors (Lipinski definition) is 1. The highest BCUT2D eigenvalue weighted by molar-refractivity contribution is 7.22. The normalized spacial score (nSPS) is 19.1. The summed E-state index contributed by atoms with van der Waals surface area (Å²) in [6.45, 7) is 8.91. The van der Waals surface area contributed by atoms with Crippen molar-refractivity contribution in [1.82, 2.24) is 4.98 Å². The molecule has 44 heavy (non-hydrogen) atoms. The molecule has 1 amide bonds. The van der Waals surface area contributed by atoms with Gasteiger partial charge in [0.1, 0.15) is 23.4 Å². The molecule has 2 atom stereocenters. The Hall–Kier alpha value is -4.44. The first-order valence-electron chi connectivity index (χ1n) is 14.7. The van der Waals surface area contributed by atoms with Crippen LogP contribution in [-0.4, -0.2) is 41.1 Å². The topological polar surface area (TPSA) is 98.2 Å². The van der Waals surface area contributed by atoms with E-state index in [0.717, 1.165) is 29.1 Å². The largest absolute Gasteiger partial charge is 0.507 e. The minimum Gasteiger partial charge on any atom is -0.507 e. The van der Waals surface area contributed by atoms with E-state index < -0.39 is 23.5 Å². The fourth-order valence-electron chi connectivity index (χ4n) is 5.55. The van der Waals surface area contributed by atoms with E-state index in [4.69, 9.17) is 14.2 Å². The lowest BCUT2D eigenvalue weighted by molar-refractivity contribution is -0.132. The third kappa shape index (κ3) is 5.50. The quantitative estimate of drug-likeness (QED) is 0.121. The van der Waals surface area contributed by atoms with Crippen molar-refractivity contribution in [2.45, 2.75) is 52.7 Å². The molecule has 0 radical (unpaired) electrons. The number of carbonyl (C=O) groups is 2. The number of halogens is 1. The number of carbonyl (C=O) groups excluding carboxylic acids is 2. The number of ketones is 1. The third-order valence-corrected chi connectivity index (χ3v) is 8.71. The van der Waals surface area contributed by atoms with Crippen LogP contribution in [0.25, 0.3) is 16.0 Å². The van der Waals surface area contributed by atoms with Crippen LogP contribution in [0.2, 0.25) is 0 Å². The Morgan fingerprint density at radius 2 is 1.93 bits per heavy atom. The van der Waals surface area contributed by atoms with Gasteiger partial charge in [-0.1, -0.05) is 31.3 Å². The van der Waals surface area contributed by atoms with Crippen LogP contribution in [0, 0.1) is 11.7 Å². The van der Waals surface area contributed by atoms with Crippen LogP contribution in [0.15, 0.2) is 60.2 Å². The molecular weight excluding hydrogens is 583 g/mol. The number of aliphatic hydroxyl groups is 1. The Morgan fingerprint density at radius 3 is 2.70 bits per heavy atom. The fraction of sp³-hybridized carbons (Fsp3) is 0.324. The molecule has 0 unspecified atom stereocenters. The lowest BCUT2D eigenvalue weighted by Gasteiger charge is -2.24. The molecule has 4 aromatic rings. The van der Waals surface area contributed by atoms with Gasteiger partial charge >= 0.3 is 5.91 Å². The van der Waals surface area contributed by atoms with Crippen molar-refractivity contribution >= 4 is 44.1 Å². The van der Waals surface area contributed by atoms with E-state index in [-0.39, 0.29) is 22.6 Å². The number of thiazole rings is 1. The molecule has 3 aromatic carbocycles. The maximum atomic E-state index is 14.0. The first-order chi connectivity index (χ1) is 21.1. The van der Waals surface area contributed by atoms with Gasteiger partial charge in [0.25, 0.3) is 5.78 Å². The minimum atomic E-state index is -1.03. The van der Waals surface area contributed by atoms with Crippen molar-refractivity contribution in [3.63, 3.8) is 0 Å². The Morgan fingerprint density at radius 1 is 1.11 bits per heavy atom. The second kappa shape index (κ2) is 11.9. The Bertz CT molecular complexity index is 1800. The van der Waals surface area contributed by atoms with E-state index in [0.29, 0.717) is 58.4 Å². The summed E-state index contributed by atoms with van der Waals surface area (Å²) in [6.07, 6.45) is 1.51. The lowest BCUT2D eigenvalue weighted by Crippen LogP contribution is -2.29. The maximum Gasteiger partial charge on any atom is 0.301 e. The standard InChI is InChI=1S/C34H33FN2O6S/c1-5-41-27-16-20(6-11-26(27)42-13-12-18(2)3)30-29(31(38)21-7-10-25-22(15-21)14-19(4)43-25)32(39)33(40)37(30)34-36-24-9-8-23(35)17-28(24)44-34/h6-11,15-19,30,38H,5,12-14H2,1-4H3/b31-29+/t19-,30+/m1/s1. The van der Waals surface area contributed by atoms with Crippen molar-refractivity contribution < 1.29 is 33.3 Å². The van der Waals surface area contributed by atoms with Gasteiger partial charge in [-0.25, -0.2) is 9.37 Å². The molecule has 1 fully saturated rings. The zero-order valence-corrected chi connectivity index (χ0v) is 25.7. The van der Waals surface area contributed by atoms with Gasteiger partial charge in [0, 0.05) is 12.0 Å². The summed E-state index contributed by atoms with van der Waals surface area (Å²) in [6, 6.07) is 13.6. The summed E-state index contributed by atoms with van der Waals surface area (Å²) >= 11 is 1.10. The first kappa shape index (κ1) is 29.6. The fourth-order valence-corrected chi connectivity index (χ4v) is 6.56. The summed E-state index contributed by atoms with van der Waals surface area (Å²) < 4.78 is 32.3. The van der Waals surface area contributed by atoms with Crippen LogP contribution in [0.1, 0.15) is 56.8 Å². The van der Waals surface area contributed by atoms with Gasteiger partial charge in [-0.15, -0.1) is 0 Å². The Labute approximate surface area is 258 Å². The number of nitrogens with zero attached hydrogens (tertiary/aromatic N) is 2. The van der Waals surface area contributed by atoms with Crippen LogP contribution in [0.4, 0.5) is 9.52 Å². The van der Waals surface area contributed by atoms with Crippen molar-refractivity contribution in [2.24, 2.45) is 5.92 Å². The van der Waals surface area contributed by atoms with E-state index in [1.807, 2.05) is 13.8 Å². The van der Waals surface area contributed by atoms with Crippen LogP contribution in [-0.2, 0) is 16.0 Å². The number of aliphatic hydroxyl groups excluding tert-OH is 1. The molecule has 10 heteroatoms. The number of amides is 1. The monoisotopic (exact) mass is 616 g/mol. The highest BCUT2D eigenvalue weighted by Crippen LogP contribution is 2.46. The Kier molecular flexibility index (Phi) is 8.02. The Balaban J connectivity index is 1.50. The number of fused-ring (bicyclic) bond motifs is 2. The van der Waals surface area contributed by atoms with Gasteiger partial charge in [0.05, 0.1) is 35.0 Å². The molecule has 0 spiro atoms. The molecule has 1 N–H and O–H groups in total. The molecule has 6 rings (SSSR count). The second-order valence-electron chi connectivity index (χ2n) is 11.4. The number of rotatable bonds is 9. The number of Topliss-reactive ketones (excluding diaryl/α,β-unsaturated/α-hetero) is 1. The molecule has 2 aliphatic heterocycles. The predicted octanol–water partition coefficient (Wildman–Crippen LogP) is 7.21. The lowest BCUT2D eigenvalue weighted by atomic mass is 9.94. The van der Waals surface area contributed by atoms with Crippen molar-refractivity contribution in [3.8, 4) is 17.2 Å². The summed E-state index contributed by atoms with van der Waals surface area (Å²) in [5.41, 5.74) is 2.23. The van der Waals surface area contributed by atoms with Crippen molar-refractivity contribution in [2.75, 3.05) is 18.1 Å². The average molecular weight is 617 g/mol. The molecule has 2 aliphatic rings. The van der Waals surface area contributed by atoms with Crippen LogP contribution in [0.5, 0.6) is 17.2 Å². The molecule has 1 aromatic heterocycles. The zero-order valence-electron chi connectivity index (χ0n) is 24.9. The molecule has 8 nitrogen and oxygen atoms in total. The van der Waals surface area contributed by atoms with Crippen molar-refractivity contribution in [3.05, 3.63) is 82.7 Å². The predicted molar refractivity (Wildman–Crippen MR) is 167 cm³/mol. The highest BCUT2D eigenvalue weighted by atomic mass is 32.1. The van der Waals surface area contributed by atoms with Crippen molar-refractivity contribution in [1.29, 1.82) is 0 Å². The molecular formula is C34H33FN2O6S. The SMILES string of the molecule is CCOc1cc([C@H]2/C(=C(\O)c3ccc4c(c3)C[C@@H](C)O4)C(=O)C(=O)N2c2nc3ccc(F)cc3s2)ccc1OCCC(C)C. The number of ether oxygens (including phenoxy) is 3. The van der Waals surface area contributed by atoms with Gasteiger partial charge in [-0.3, -0.25) is 14.5 Å². The van der Waals surface area contributed by atoms with E-state index in [1.54, 1.807) is 36.4 Å². The maximum absolute atomic E-state index is 14.0.